The molecule has 3 rings (SSSR count). The molecule has 2 N–H and O–H groups in total. The molecule has 0 aromatic carbocycles. The van der Waals surface area contributed by atoms with Crippen LogP contribution in [-0.2, 0) is 6.54 Å². The molecular formula is C14H14N4S. The standard InChI is InChI=1S/C14H14N4S/c15-8-13-12(16)5-6-14(17-13)18(10-3-4-10)9-11-2-1-7-19-11/h1-2,5-7,10H,3-4,9,16H2. The van der Waals surface area contributed by atoms with Crippen molar-refractivity contribution in [3.05, 3.63) is 40.2 Å². The molecule has 1 fully saturated rings. The van der Waals surface area contributed by atoms with Crippen molar-refractivity contribution in [1.29, 1.82) is 5.26 Å². The minimum atomic E-state index is 0.314. The molecule has 0 spiro atoms. The van der Waals surface area contributed by atoms with E-state index in [0.717, 1.165) is 12.4 Å². The van der Waals surface area contributed by atoms with Crippen molar-refractivity contribution in [2.45, 2.75) is 25.4 Å². The maximum atomic E-state index is 9.03. The Hall–Kier alpha value is -2.06. The van der Waals surface area contributed by atoms with E-state index in [2.05, 4.69) is 27.4 Å². The quantitative estimate of drug-likeness (QED) is 0.927. The first kappa shape index (κ1) is 12.0. The molecule has 4 nitrogen and oxygen atoms in total. The summed E-state index contributed by atoms with van der Waals surface area (Å²) in [5, 5.41) is 11.1. The van der Waals surface area contributed by atoms with Crippen LogP contribution < -0.4 is 10.6 Å². The van der Waals surface area contributed by atoms with Crippen molar-refractivity contribution >= 4 is 22.8 Å². The topological polar surface area (TPSA) is 65.9 Å². The van der Waals surface area contributed by atoms with E-state index >= 15 is 0 Å². The van der Waals surface area contributed by atoms with Crippen LogP contribution in [0.5, 0.6) is 0 Å². The lowest BCUT2D eigenvalue weighted by molar-refractivity contribution is 0.786. The fraction of sp³-hybridized carbons (Fsp3) is 0.286. The number of nitrogen functional groups attached to an aromatic ring is 1. The highest BCUT2D eigenvalue weighted by atomic mass is 32.1. The molecule has 1 aliphatic rings. The fourth-order valence-electron chi connectivity index (χ4n) is 2.06. The number of nitrogens with two attached hydrogens (primary N) is 1. The van der Waals surface area contributed by atoms with Gasteiger partial charge in [-0.3, -0.25) is 0 Å². The molecule has 0 amide bonds. The number of thiophene rings is 1. The van der Waals surface area contributed by atoms with E-state index in [-0.39, 0.29) is 0 Å². The summed E-state index contributed by atoms with van der Waals surface area (Å²) in [4.78, 5) is 7.96. The van der Waals surface area contributed by atoms with Gasteiger partial charge in [-0.05, 0) is 36.4 Å². The van der Waals surface area contributed by atoms with E-state index < -0.39 is 0 Å². The molecule has 2 aromatic rings. The van der Waals surface area contributed by atoms with Gasteiger partial charge in [0.1, 0.15) is 11.9 Å². The zero-order valence-corrected chi connectivity index (χ0v) is 11.2. The number of hydrogen-bond acceptors (Lipinski definition) is 5. The first-order valence-electron chi connectivity index (χ1n) is 6.23. The average molecular weight is 270 g/mol. The van der Waals surface area contributed by atoms with Gasteiger partial charge in [0.25, 0.3) is 0 Å². The van der Waals surface area contributed by atoms with E-state index in [1.807, 2.05) is 12.1 Å². The highest BCUT2D eigenvalue weighted by Crippen LogP contribution is 2.33. The van der Waals surface area contributed by atoms with Gasteiger partial charge in [0.05, 0.1) is 12.2 Å². The SMILES string of the molecule is N#Cc1nc(N(Cc2cccs2)C2CC2)ccc1N. The Morgan fingerprint density at radius 3 is 2.89 bits per heavy atom. The Kier molecular flexibility index (Phi) is 3.10. The van der Waals surface area contributed by atoms with Crippen LogP contribution in [0, 0.1) is 11.3 Å². The van der Waals surface area contributed by atoms with Crippen LogP contribution in [0.2, 0.25) is 0 Å². The first-order chi connectivity index (χ1) is 9.28. The highest BCUT2D eigenvalue weighted by molar-refractivity contribution is 7.09. The summed E-state index contributed by atoms with van der Waals surface area (Å²) in [6.45, 7) is 0.851. The predicted octanol–water partition coefficient (Wildman–Crippen LogP) is 2.77. The molecule has 0 radical (unpaired) electrons. The van der Waals surface area contributed by atoms with Crippen LogP contribution >= 0.6 is 11.3 Å². The molecule has 1 aliphatic carbocycles. The van der Waals surface area contributed by atoms with Crippen LogP contribution in [0.25, 0.3) is 0 Å². The van der Waals surface area contributed by atoms with E-state index in [9.17, 15) is 0 Å². The normalized spacial score (nSPS) is 14.1. The summed E-state index contributed by atoms with van der Waals surface area (Å²) >= 11 is 1.75. The van der Waals surface area contributed by atoms with E-state index in [4.69, 9.17) is 11.0 Å². The lowest BCUT2D eigenvalue weighted by Crippen LogP contribution is -2.25. The molecule has 1 saturated carbocycles. The largest absolute Gasteiger partial charge is 0.396 e. The Morgan fingerprint density at radius 2 is 2.26 bits per heavy atom. The van der Waals surface area contributed by atoms with Crippen molar-refractivity contribution in [2.75, 3.05) is 10.6 Å². The smallest absolute Gasteiger partial charge is 0.165 e. The molecule has 5 heteroatoms. The van der Waals surface area contributed by atoms with Crippen LogP contribution in [0.3, 0.4) is 0 Å². The Morgan fingerprint density at radius 1 is 1.42 bits per heavy atom. The molecule has 0 unspecified atom stereocenters. The van der Waals surface area contributed by atoms with Crippen LogP contribution in [0.1, 0.15) is 23.4 Å². The van der Waals surface area contributed by atoms with Crippen molar-refractivity contribution in [2.24, 2.45) is 0 Å². The molecule has 2 aromatic heterocycles. The molecule has 96 valence electrons. The zero-order valence-electron chi connectivity index (χ0n) is 10.4. The maximum Gasteiger partial charge on any atom is 0.165 e. The minimum Gasteiger partial charge on any atom is -0.396 e. The second kappa shape index (κ2) is 4.90. The second-order valence-electron chi connectivity index (χ2n) is 4.66. The van der Waals surface area contributed by atoms with E-state index in [1.54, 1.807) is 17.4 Å². The second-order valence-corrected chi connectivity index (χ2v) is 5.69. The monoisotopic (exact) mass is 270 g/mol. The number of pyridine rings is 1. The van der Waals surface area contributed by atoms with Crippen molar-refractivity contribution in [3.63, 3.8) is 0 Å². The van der Waals surface area contributed by atoms with Crippen LogP contribution in [0.4, 0.5) is 11.5 Å². The highest BCUT2D eigenvalue weighted by Gasteiger charge is 2.30. The number of anilines is 2. The average Bonchev–Trinajstić information content (AvgIpc) is 3.14. The zero-order chi connectivity index (χ0) is 13.2. The molecule has 2 heterocycles. The molecule has 0 aliphatic heterocycles. The summed E-state index contributed by atoms with van der Waals surface area (Å²) in [6.07, 6.45) is 2.39. The summed E-state index contributed by atoms with van der Waals surface area (Å²) in [5.41, 5.74) is 6.48. The van der Waals surface area contributed by atoms with Gasteiger partial charge >= 0.3 is 0 Å². The number of nitriles is 1. The fourth-order valence-corrected chi connectivity index (χ4v) is 2.77. The Labute approximate surface area is 116 Å². The molecule has 0 bridgehead atoms. The third kappa shape index (κ3) is 2.54. The maximum absolute atomic E-state index is 9.03. The van der Waals surface area contributed by atoms with Crippen LogP contribution in [-0.4, -0.2) is 11.0 Å². The van der Waals surface area contributed by atoms with Crippen molar-refractivity contribution < 1.29 is 0 Å². The van der Waals surface area contributed by atoms with Gasteiger partial charge in [0.15, 0.2) is 5.69 Å². The summed E-state index contributed by atoms with van der Waals surface area (Å²) in [6, 6.07) is 10.5. The predicted molar refractivity (Wildman–Crippen MR) is 76.9 cm³/mol. The number of aromatic nitrogens is 1. The first-order valence-corrected chi connectivity index (χ1v) is 7.11. The lowest BCUT2D eigenvalue weighted by Gasteiger charge is -2.23. The summed E-state index contributed by atoms with van der Waals surface area (Å²) in [5.74, 6) is 0.849. The van der Waals surface area contributed by atoms with Crippen molar-refractivity contribution in [3.8, 4) is 6.07 Å². The summed E-state index contributed by atoms with van der Waals surface area (Å²) in [7, 11) is 0. The van der Waals surface area contributed by atoms with Gasteiger partial charge in [0, 0.05) is 10.9 Å². The van der Waals surface area contributed by atoms with Gasteiger partial charge in [-0.25, -0.2) is 4.98 Å². The molecule has 19 heavy (non-hydrogen) atoms. The third-order valence-corrected chi connectivity index (χ3v) is 4.07. The summed E-state index contributed by atoms with van der Waals surface area (Å²) < 4.78 is 0. The van der Waals surface area contributed by atoms with Crippen molar-refractivity contribution in [1.82, 2.24) is 4.98 Å². The van der Waals surface area contributed by atoms with Gasteiger partial charge in [-0.2, -0.15) is 5.26 Å². The molecular weight excluding hydrogens is 256 g/mol. The van der Waals surface area contributed by atoms with Gasteiger partial charge in [0.2, 0.25) is 0 Å². The Balaban J connectivity index is 1.90. The number of rotatable bonds is 4. The molecule has 0 saturated heterocycles. The van der Waals surface area contributed by atoms with Gasteiger partial charge < -0.3 is 10.6 Å². The van der Waals surface area contributed by atoms with E-state index in [1.165, 1.54) is 17.7 Å². The third-order valence-electron chi connectivity index (χ3n) is 3.21. The minimum absolute atomic E-state index is 0.314. The number of nitrogens with zero attached hydrogens (tertiary/aromatic N) is 3. The Bertz CT molecular complexity index is 611. The van der Waals surface area contributed by atoms with Gasteiger partial charge in [-0.15, -0.1) is 11.3 Å². The molecule has 0 atom stereocenters. The van der Waals surface area contributed by atoms with E-state index in [0.29, 0.717) is 17.4 Å². The van der Waals surface area contributed by atoms with Crippen LogP contribution in [0.15, 0.2) is 29.6 Å². The number of hydrogen-bond donors (Lipinski definition) is 1. The van der Waals surface area contributed by atoms with Gasteiger partial charge in [-0.1, -0.05) is 6.07 Å². The lowest BCUT2D eigenvalue weighted by atomic mass is 10.3.